The summed E-state index contributed by atoms with van der Waals surface area (Å²) in [7, 11) is -5.73. The molecule has 0 aromatic carbocycles. The van der Waals surface area contributed by atoms with Crippen LogP contribution in [0, 0.1) is 0 Å². The summed E-state index contributed by atoms with van der Waals surface area (Å²) in [4.78, 5) is 0. The third-order valence-corrected chi connectivity index (χ3v) is 4.87. The zero-order chi connectivity index (χ0) is 15.2. The molecule has 0 spiro atoms. The van der Waals surface area contributed by atoms with Crippen LogP contribution in [0.5, 0.6) is 0 Å². The number of hydrogen-bond donors (Lipinski definition) is 0. The third-order valence-electron chi connectivity index (χ3n) is 2.34. The lowest BCUT2D eigenvalue weighted by molar-refractivity contribution is -0.280. The van der Waals surface area contributed by atoms with Gasteiger partial charge in [-0.3, -0.25) is 0 Å². The van der Waals surface area contributed by atoms with Crippen LogP contribution in [0.25, 0.3) is 0 Å². The largest absolute Gasteiger partial charge is 0.454 e. The summed E-state index contributed by atoms with van der Waals surface area (Å²) in [6.45, 7) is -0.0939. The Hall–Kier alpha value is -0.610. The number of hydrogen-bond acceptors (Lipinski definition) is 2. The van der Waals surface area contributed by atoms with E-state index < -0.39 is 38.6 Å². The minimum atomic E-state index is -6.25. The molecule has 0 aromatic rings. The van der Waals surface area contributed by atoms with Crippen LogP contribution >= 0.6 is 0 Å². The van der Waals surface area contributed by atoms with Crippen molar-refractivity contribution in [1.29, 1.82) is 0 Å². The first-order valence-corrected chi connectivity index (χ1v) is 5.91. The zero-order valence-electron chi connectivity index (χ0n) is 8.90. The van der Waals surface area contributed by atoms with Crippen LogP contribution in [0.3, 0.4) is 0 Å². The first-order chi connectivity index (χ1) is 7.56. The van der Waals surface area contributed by atoms with Crippen LogP contribution in [-0.2, 0) is 9.84 Å². The molecule has 0 amide bonds. The second-order valence-electron chi connectivity index (χ2n) is 3.54. The third kappa shape index (κ3) is 3.04. The molecule has 0 aliphatic heterocycles. The molecule has 18 heavy (non-hydrogen) atoms. The predicted molar refractivity (Wildman–Crippen MR) is 44.9 cm³/mol. The Labute approximate surface area is 96.9 Å². The van der Waals surface area contributed by atoms with Gasteiger partial charge in [0.2, 0.25) is 0 Å². The first-order valence-electron chi connectivity index (χ1n) is 4.30. The van der Waals surface area contributed by atoms with E-state index >= 15 is 0 Å². The van der Waals surface area contributed by atoms with Crippen LogP contribution in [-0.4, -0.2) is 37.2 Å². The van der Waals surface area contributed by atoms with Gasteiger partial charge in [0.15, 0.2) is 15.1 Å². The van der Waals surface area contributed by atoms with Gasteiger partial charge in [0.05, 0.1) is 0 Å². The Balaban J connectivity index is 5.55. The molecule has 0 N–H and O–H groups in total. The van der Waals surface area contributed by atoms with Crippen LogP contribution in [0.2, 0.25) is 0 Å². The van der Waals surface area contributed by atoms with Crippen LogP contribution in [0.1, 0.15) is 13.8 Å². The van der Waals surface area contributed by atoms with Gasteiger partial charge >= 0.3 is 18.3 Å². The van der Waals surface area contributed by atoms with Gasteiger partial charge in [-0.25, -0.2) is 8.42 Å². The predicted octanol–water partition coefficient (Wildman–Crippen LogP) is 2.94. The van der Waals surface area contributed by atoms with E-state index in [1.807, 2.05) is 0 Å². The van der Waals surface area contributed by atoms with Crippen molar-refractivity contribution in [3.8, 4) is 0 Å². The second kappa shape index (κ2) is 4.49. The van der Waals surface area contributed by atoms with Crippen molar-refractivity contribution >= 4 is 9.84 Å². The maximum Gasteiger partial charge on any atom is 0.454 e. The van der Waals surface area contributed by atoms with Crippen molar-refractivity contribution in [3.05, 3.63) is 0 Å². The topological polar surface area (TPSA) is 34.1 Å². The van der Waals surface area contributed by atoms with Gasteiger partial charge in [0.25, 0.3) is 0 Å². The molecule has 0 heterocycles. The molecule has 0 bridgehead atoms. The standard InChI is InChI=1S/C7H8F8O2S/c1-3(5(8,9)7(13,14)15)18(16,17)4(2)6(10,11)12/h3-4H,1-2H3. The highest BCUT2D eigenvalue weighted by Gasteiger charge is 2.66. The van der Waals surface area contributed by atoms with E-state index in [1.54, 1.807) is 0 Å². The average Bonchev–Trinajstić information content (AvgIpc) is 2.11. The molecule has 2 nitrogen and oxygen atoms in total. The summed E-state index contributed by atoms with van der Waals surface area (Å²) in [5.41, 5.74) is 0. The highest BCUT2D eigenvalue weighted by molar-refractivity contribution is 7.92. The van der Waals surface area contributed by atoms with E-state index in [-0.39, 0.29) is 13.8 Å². The summed E-state index contributed by atoms with van der Waals surface area (Å²) in [5.74, 6) is -5.76. The molecule has 0 rings (SSSR count). The molecule has 0 aliphatic rings. The van der Waals surface area contributed by atoms with Gasteiger partial charge < -0.3 is 0 Å². The molecule has 11 heteroatoms. The van der Waals surface area contributed by atoms with Gasteiger partial charge in [-0.1, -0.05) is 0 Å². The van der Waals surface area contributed by atoms with E-state index in [4.69, 9.17) is 0 Å². The number of halogens is 8. The molecule has 0 saturated heterocycles. The molecule has 110 valence electrons. The average molecular weight is 308 g/mol. The van der Waals surface area contributed by atoms with Crippen molar-refractivity contribution in [1.82, 2.24) is 0 Å². The summed E-state index contributed by atoms with van der Waals surface area (Å²) >= 11 is 0. The van der Waals surface area contributed by atoms with E-state index in [0.717, 1.165) is 0 Å². The van der Waals surface area contributed by atoms with E-state index in [9.17, 15) is 43.5 Å². The highest BCUT2D eigenvalue weighted by atomic mass is 32.2. The van der Waals surface area contributed by atoms with Gasteiger partial charge in [0, 0.05) is 0 Å². The van der Waals surface area contributed by atoms with Crippen LogP contribution < -0.4 is 0 Å². The molecule has 2 unspecified atom stereocenters. The maximum atomic E-state index is 12.7. The number of alkyl halides is 8. The lowest BCUT2D eigenvalue weighted by Crippen LogP contribution is -2.53. The Morgan fingerprint density at radius 2 is 1.11 bits per heavy atom. The summed E-state index contributed by atoms with van der Waals surface area (Å²) < 4.78 is 119. The van der Waals surface area contributed by atoms with E-state index in [0.29, 0.717) is 0 Å². The van der Waals surface area contributed by atoms with Gasteiger partial charge in [0.1, 0.15) is 5.25 Å². The number of sulfone groups is 1. The van der Waals surface area contributed by atoms with Crippen molar-refractivity contribution < 1.29 is 43.5 Å². The molecule has 0 saturated carbocycles. The van der Waals surface area contributed by atoms with Gasteiger partial charge in [-0.15, -0.1) is 0 Å². The highest BCUT2D eigenvalue weighted by Crippen LogP contribution is 2.42. The van der Waals surface area contributed by atoms with E-state index in [1.165, 1.54) is 0 Å². The monoisotopic (exact) mass is 308 g/mol. The minimum absolute atomic E-state index is 0.0122. The van der Waals surface area contributed by atoms with Crippen LogP contribution in [0.15, 0.2) is 0 Å². The quantitative estimate of drug-likeness (QED) is 0.751. The minimum Gasteiger partial charge on any atom is -0.228 e. The fourth-order valence-corrected chi connectivity index (χ4v) is 2.46. The zero-order valence-corrected chi connectivity index (χ0v) is 9.72. The molecule has 0 aliphatic carbocycles. The SMILES string of the molecule is CC(C(F)(F)F)S(=O)(=O)C(C)C(F)(F)C(F)(F)F. The Morgan fingerprint density at radius 1 is 0.778 bits per heavy atom. The second-order valence-corrected chi connectivity index (χ2v) is 6.13. The molecule has 2 atom stereocenters. The molecule has 0 aromatic heterocycles. The summed E-state index contributed by atoms with van der Waals surface area (Å²) in [6.07, 6.45) is -11.7. The van der Waals surface area contributed by atoms with Crippen molar-refractivity contribution in [2.45, 2.75) is 42.6 Å². The summed E-state index contributed by atoms with van der Waals surface area (Å²) in [6, 6.07) is 0. The van der Waals surface area contributed by atoms with Crippen molar-refractivity contribution in [2.24, 2.45) is 0 Å². The van der Waals surface area contributed by atoms with Gasteiger partial charge in [-0.2, -0.15) is 35.1 Å². The normalized spacial score (nSPS) is 18.6. The lowest BCUT2D eigenvalue weighted by Gasteiger charge is -2.28. The Morgan fingerprint density at radius 3 is 1.33 bits per heavy atom. The van der Waals surface area contributed by atoms with E-state index in [2.05, 4.69) is 0 Å². The molecular formula is C7H8F8O2S. The maximum absolute atomic E-state index is 12.7. The fourth-order valence-electron chi connectivity index (χ4n) is 0.929. The fraction of sp³-hybridized carbons (Fsp3) is 1.00. The first kappa shape index (κ1) is 17.4. The Kier molecular flexibility index (Phi) is 4.34. The molecule has 0 radical (unpaired) electrons. The smallest absolute Gasteiger partial charge is 0.228 e. The molecule has 0 fully saturated rings. The summed E-state index contributed by atoms with van der Waals surface area (Å²) in [5, 5.41) is -6.84. The number of rotatable bonds is 3. The van der Waals surface area contributed by atoms with Gasteiger partial charge in [-0.05, 0) is 13.8 Å². The Bertz CT molecular complexity index is 393. The van der Waals surface area contributed by atoms with Crippen molar-refractivity contribution in [3.63, 3.8) is 0 Å². The van der Waals surface area contributed by atoms with Crippen molar-refractivity contribution in [2.75, 3.05) is 0 Å². The van der Waals surface area contributed by atoms with Crippen LogP contribution in [0.4, 0.5) is 35.1 Å². The molecular weight excluding hydrogens is 300 g/mol. The lowest BCUT2D eigenvalue weighted by atomic mass is 10.2.